The molecule has 5 heteroatoms. The Balaban J connectivity index is 1.87. The Morgan fingerprint density at radius 3 is 3.00 bits per heavy atom. The third-order valence-electron chi connectivity index (χ3n) is 2.99. The molecule has 2 N–H and O–H groups in total. The first-order chi connectivity index (χ1) is 7.15. The van der Waals surface area contributed by atoms with E-state index in [-0.39, 0.29) is 6.04 Å². The Labute approximate surface area is 89.6 Å². The maximum absolute atomic E-state index is 5.88. The van der Waals surface area contributed by atoms with E-state index in [1.54, 1.807) is 0 Å². The maximum atomic E-state index is 5.88. The van der Waals surface area contributed by atoms with Crippen molar-refractivity contribution in [2.24, 2.45) is 11.7 Å². The lowest BCUT2D eigenvalue weighted by Crippen LogP contribution is -2.29. The summed E-state index contributed by atoms with van der Waals surface area (Å²) in [5.41, 5.74) is 5.88. The van der Waals surface area contributed by atoms with Crippen LogP contribution in [-0.4, -0.2) is 34.2 Å². The van der Waals surface area contributed by atoms with Crippen molar-refractivity contribution in [3.8, 4) is 0 Å². The molecular weight excluding hydrogens is 192 g/mol. The molecule has 2 atom stereocenters. The number of nitrogens with zero attached hydrogens (tertiary/aromatic N) is 3. The molecule has 0 amide bonds. The van der Waals surface area contributed by atoms with Crippen molar-refractivity contribution in [2.75, 3.05) is 13.1 Å². The third-order valence-corrected chi connectivity index (χ3v) is 2.99. The number of rotatable bonds is 3. The minimum Gasteiger partial charge on any atom is -0.340 e. The first-order valence-electron chi connectivity index (χ1n) is 5.42. The second-order valence-corrected chi connectivity index (χ2v) is 4.37. The van der Waals surface area contributed by atoms with Crippen LogP contribution in [0.4, 0.5) is 0 Å². The Morgan fingerprint density at radius 2 is 2.47 bits per heavy atom. The molecule has 2 heterocycles. The van der Waals surface area contributed by atoms with E-state index in [2.05, 4.69) is 22.0 Å². The molecule has 1 aromatic rings. The van der Waals surface area contributed by atoms with Gasteiger partial charge in [0.05, 0.1) is 6.54 Å². The van der Waals surface area contributed by atoms with Gasteiger partial charge >= 0.3 is 0 Å². The molecule has 1 fully saturated rings. The summed E-state index contributed by atoms with van der Waals surface area (Å²) in [5.74, 6) is 2.02. The summed E-state index contributed by atoms with van der Waals surface area (Å²) in [6, 6.07) is 0.280. The van der Waals surface area contributed by atoms with Crippen molar-refractivity contribution >= 4 is 0 Å². The van der Waals surface area contributed by atoms with E-state index in [1.807, 2.05) is 6.92 Å². The van der Waals surface area contributed by atoms with E-state index in [1.165, 1.54) is 6.42 Å². The number of aromatic nitrogens is 2. The van der Waals surface area contributed by atoms with Crippen LogP contribution in [0.3, 0.4) is 0 Å². The molecule has 2 unspecified atom stereocenters. The predicted molar refractivity (Wildman–Crippen MR) is 56.1 cm³/mol. The third kappa shape index (κ3) is 2.54. The number of aryl methyl sites for hydroxylation is 1. The van der Waals surface area contributed by atoms with Gasteiger partial charge in [-0.3, -0.25) is 4.90 Å². The fraction of sp³-hybridized carbons (Fsp3) is 0.800. The minimum atomic E-state index is 0.280. The fourth-order valence-electron chi connectivity index (χ4n) is 2.04. The zero-order valence-corrected chi connectivity index (χ0v) is 9.31. The lowest BCUT2D eigenvalue weighted by Gasteiger charge is -2.15. The molecule has 84 valence electrons. The molecule has 5 nitrogen and oxygen atoms in total. The van der Waals surface area contributed by atoms with E-state index in [0.717, 1.165) is 25.5 Å². The summed E-state index contributed by atoms with van der Waals surface area (Å²) in [6.07, 6.45) is 1.18. The average Bonchev–Trinajstić information content (AvgIpc) is 2.76. The van der Waals surface area contributed by atoms with Crippen molar-refractivity contribution in [3.05, 3.63) is 11.7 Å². The van der Waals surface area contributed by atoms with E-state index in [0.29, 0.717) is 11.8 Å². The van der Waals surface area contributed by atoms with Gasteiger partial charge in [-0.25, -0.2) is 0 Å². The van der Waals surface area contributed by atoms with Gasteiger partial charge in [-0.05, 0) is 25.8 Å². The highest BCUT2D eigenvalue weighted by Gasteiger charge is 2.25. The van der Waals surface area contributed by atoms with E-state index in [9.17, 15) is 0 Å². The second kappa shape index (κ2) is 4.28. The molecule has 1 aliphatic rings. The number of nitrogens with two attached hydrogens (primary N) is 1. The lowest BCUT2D eigenvalue weighted by atomic mass is 10.0. The molecule has 0 bridgehead atoms. The number of hydrogen-bond acceptors (Lipinski definition) is 5. The van der Waals surface area contributed by atoms with Crippen molar-refractivity contribution in [1.82, 2.24) is 15.0 Å². The van der Waals surface area contributed by atoms with Gasteiger partial charge in [-0.2, -0.15) is 4.98 Å². The molecule has 1 aromatic heterocycles. The molecule has 0 saturated carbocycles. The van der Waals surface area contributed by atoms with Crippen molar-refractivity contribution < 1.29 is 4.52 Å². The molecule has 15 heavy (non-hydrogen) atoms. The quantitative estimate of drug-likeness (QED) is 0.789. The van der Waals surface area contributed by atoms with Crippen LogP contribution < -0.4 is 5.73 Å². The molecule has 0 radical (unpaired) electrons. The van der Waals surface area contributed by atoms with Gasteiger partial charge in [0.15, 0.2) is 5.82 Å². The molecule has 2 rings (SSSR count). The summed E-state index contributed by atoms with van der Waals surface area (Å²) < 4.78 is 4.94. The largest absolute Gasteiger partial charge is 0.340 e. The fourth-order valence-corrected chi connectivity index (χ4v) is 2.04. The topological polar surface area (TPSA) is 68.2 Å². The van der Waals surface area contributed by atoms with Crippen LogP contribution in [0.1, 0.15) is 25.1 Å². The SMILES string of the molecule is Cc1nc(CN2CCC(C(C)N)C2)no1. The van der Waals surface area contributed by atoms with Gasteiger partial charge < -0.3 is 10.3 Å². The Hall–Kier alpha value is -0.940. The number of hydrogen-bond donors (Lipinski definition) is 1. The van der Waals surface area contributed by atoms with Gasteiger partial charge in [0, 0.05) is 19.5 Å². The van der Waals surface area contributed by atoms with Crippen LogP contribution in [-0.2, 0) is 6.54 Å². The highest BCUT2D eigenvalue weighted by molar-refractivity contribution is 4.88. The van der Waals surface area contributed by atoms with E-state index < -0.39 is 0 Å². The zero-order chi connectivity index (χ0) is 10.8. The molecule has 0 aliphatic carbocycles. The minimum absolute atomic E-state index is 0.280. The van der Waals surface area contributed by atoms with Crippen LogP contribution in [0, 0.1) is 12.8 Å². The monoisotopic (exact) mass is 210 g/mol. The van der Waals surface area contributed by atoms with Gasteiger partial charge in [0.2, 0.25) is 5.89 Å². The van der Waals surface area contributed by atoms with Crippen LogP contribution in [0.5, 0.6) is 0 Å². The van der Waals surface area contributed by atoms with Crippen molar-refractivity contribution in [1.29, 1.82) is 0 Å². The molecule has 1 aliphatic heterocycles. The van der Waals surface area contributed by atoms with Crippen LogP contribution >= 0.6 is 0 Å². The summed E-state index contributed by atoms with van der Waals surface area (Å²) >= 11 is 0. The summed E-state index contributed by atoms with van der Waals surface area (Å²) in [7, 11) is 0. The Bertz CT molecular complexity index is 323. The maximum Gasteiger partial charge on any atom is 0.223 e. The average molecular weight is 210 g/mol. The molecule has 0 aromatic carbocycles. The number of likely N-dealkylation sites (tertiary alicyclic amines) is 1. The smallest absolute Gasteiger partial charge is 0.223 e. The van der Waals surface area contributed by atoms with Crippen LogP contribution in [0.2, 0.25) is 0 Å². The van der Waals surface area contributed by atoms with Gasteiger partial charge in [-0.1, -0.05) is 5.16 Å². The predicted octanol–water partition coefficient (Wildman–Crippen LogP) is 0.547. The standard InChI is InChI=1S/C10H18N4O/c1-7(11)9-3-4-14(5-9)6-10-12-8(2)15-13-10/h7,9H,3-6,11H2,1-2H3. The second-order valence-electron chi connectivity index (χ2n) is 4.37. The lowest BCUT2D eigenvalue weighted by molar-refractivity contribution is 0.293. The summed E-state index contributed by atoms with van der Waals surface area (Å²) in [5, 5.41) is 3.89. The van der Waals surface area contributed by atoms with Gasteiger partial charge in [0.25, 0.3) is 0 Å². The van der Waals surface area contributed by atoms with Crippen molar-refractivity contribution in [3.63, 3.8) is 0 Å². The van der Waals surface area contributed by atoms with E-state index >= 15 is 0 Å². The Kier molecular flexibility index (Phi) is 3.02. The summed E-state index contributed by atoms with van der Waals surface area (Å²) in [6.45, 7) is 6.80. The van der Waals surface area contributed by atoms with E-state index in [4.69, 9.17) is 10.3 Å². The molecule has 1 saturated heterocycles. The normalized spacial score (nSPS) is 24.6. The highest BCUT2D eigenvalue weighted by atomic mass is 16.5. The first kappa shape index (κ1) is 10.6. The molecule has 0 spiro atoms. The van der Waals surface area contributed by atoms with Crippen LogP contribution in [0.25, 0.3) is 0 Å². The highest BCUT2D eigenvalue weighted by Crippen LogP contribution is 2.19. The summed E-state index contributed by atoms with van der Waals surface area (Å²) in [4.78, 5) is 6.53. The Morgan fingerprint density at radius 1 is 1.67 bits per heavy atom. The van der Waals surface area contributed by atoms with Crippen molar-refractivity contribution in [2.45, 2.75) is 32.9 Å². The zero-order valence-electron chi connectivity index (χ0n) is 9.31. The van der Waals surface area contributed by atoms with Crippen LogP contribution in [0.15, 0.2) is 4.52 Å². The van der Waals surface area contributed by atoms with Gasteiger partial charge in [-0.15, -0.1) is 0 Å². The van der Waals surface area contributed by atoms with Gasteiger partial charge in [0.1, 0.15) is 0 Å². The molecular formula is C10H18N4O. The first-order valence-corrected chi connectivity index (χ1v) is 5.42.